The molecule has 1 aromatic carbocycles. The highest BCUT2D eigenvalue weighted by molar-refractivity contribution is 5.72. The van der Waals surface area contributed by atoms with E-state index in [1.165, 1.54) is 12.1 Å². The fourth-order valence-corrected chi connectivity index (χ4v) is 3.09. The van der Waals surface area contributed by atoms with Crippen LogP contribution in [0, 0.1) is 11.7 Å². The minimum absolute atomic E-state index is 0.00783. The van der Waals surface area contributed by atoms with Crippen molar-refractivity contribution in [2.75, 3.05) is 0 Å². The molecule has 2 N–H and O–H groups in total. The Morgan fingerprint density at radius 2 is 2.00 bits per heavy atom. The second-order valence-corrected chi connectivity index (χ2v) is 5.19. The van der Waals surface area contributed by atoms with Gasteiger partial charge in [0.05, 0.1) is 12.2 Å². The molecule has 4 atom stereocenters. The molecule has 0 aliphatic carbocycles. The number of benzene rings is 1. The van der Waals surface area contributed by atoms with Gasteiger partial charge in [0.1, 0.15) is 11.7 Å². The van der Waals surface area contributed by atoms with Gasteiger partial charge in [0.25, 0.3) is 0 Å². The number of rotatable bonds is 4. The van der Waals surface area contributed by atoms with Crippen LogP contribution in [0.5, 0.6) is 0 Å². The van der Waals surface area contributed by atoms with E-state index in [4.69, 9.17) is 4.74 Å². The predicted molar refractivity (Wildman–Crippen MR) is 66.0 cm³/mol. The van der Waals surface area contributed by atoms with Gasteiger partial charge in [0.15, 0.2) is 0 Å². The minimum atomic E-state index is -0.802. The summed E-state index contributed by atoms with van der Waals surface area (Å²) in [6.45, 7) is 0.529. The zero-order valence-corrected chi connectivity index (χ0v) is 10.4. The average molecular weight is 265 g/mol. The molecule has 2 saturated heterocycles. The highest BCUT2D eigenvalue weighted by Crippen LogP contribution is 2.39. The van der Waals surface area contributed by atoms with Crippen LogP contribution in [0.4, 0.5) is 4.39 Å². The Kier molecular flexibility index (Phi) is 3.24. The lowest BCUT2D eigenvalue weighted by atomic mass is 9.84. The lowest BCUT2D eigenvalue weighted by Gasteiger charge is -2.25. The number of fused-ring (bicyclic) bond motifs is 2. The van der Waals surface area contributed by atoms with E-state index in [0.29, 0.717) is 6.54 Å². The van der Waals surface area contributed by atoms with Crippen LogP contribution in [0.3, 0.4) is 0 Å². The van der Waals surface area contributed by atoms with Gasteiger partial charge >= 0.3 is 5.97 Å². The molecule has 102 valence electrons. The third-order valence-electron chi connectivity index (χ3n) is 4.01. The summed E-state index contributed by atoms with van der Waals surface area (Å²) in [5.41, 5.74) is 0.938. The second-order valence-electron chi connectivity index (χ2n) is 5.19. The SMILES string of the molecule is O=C(O)[C@H]1[C@@H](NCc2ccc(F)cc2)[C@@H]2CC[C@H]1O2. The minimum Gasteiger partial charge on any atom is -0.481 e. The Labute approximate surface area is 110 Å². The maximum absolute atomic E-state index is 12.8. The molecule has 2 heterocycles. The number of carboxylic acid groups (broad SMARTS) is 1. The molecule has 2 aliphatic heterocycles. The van der Waals surface area contributed by atoms with Crippen molar-refractivity contribution in [1.82, 2.24) is 5.32 Å². The molecule has 0 radical (unpaired) electrons. The van der Waals surface area contributed by atoms with Crippen molar-refractivity contribution in [3.8, 4) is 0 Å². The second kappa shape index (κ2) is 4.90. The zero-order valence-electron chi connectivity index (χ0n) is 10.4. The van der Waals surface area contributed by atoms with Crippen molar-refractivity contribution >= 4 is 5.97 Å². The van der Waals surface area contributed by atoms with Crippen molar-refractivity contribution in [3.05, 3.63) is 35.6 Å². The summed E-state index contributed by atoms with van der Waals surface area (Å²) in [7, 11) is 0. The van der Waals surface area contributed by atoms with E-state index in [1.807, 2.05) is 0 Å². The van der Waals surface area contributed by atoms with Gasteiger partial charge < -0.3 is 15.2 Å². The summed E-state index contributed by atoms with van der Waals surface area (Å²) in [6.07, 6.45) is 1.58. The standard InChI is InChI=1S/C14H16FNO3/c15-9-3-1-8(2-4-9)7-16-13-11-6-5-10(19-11)12(13)14(17)18/h1-4,10-13,16H,5-7H2,(H,17,18)/t10-,11+,12-,13+/m1/s1. The van der Waals surface area contributed by atoms with Gasteiger partial charge in [0.2, 0.25) is 0 Å². The van der Waals surface area contributed by atoms with Crippen LogP contribution in [-0.4, -0.2) is 29.3 Å². The maximum Gasteiger partial charge on any atom is 0.310 e. The number of hydrogen-bond donors (Lipinski definition) is 2. The number of carboxylic acids is 1. The quantitative estimate of drug-likeness (QED) is 0.867. The smallest absolute Gasteiger partial charge is 0.310 e. The molecule has 1 aromatic rings. The highest BCUT2D eigenvalue weighted by Gasteiger charge is 2.52. The number of hydrogen-bond acceptors (Lipinski definition) is 3. The molecule has 0 spiro atoms. The largest absolute Gasteiger partial charge is 0.481 e. The molecule has 0 unspecified atom stereocenters. The molecular formula is C14H16FNO3. The fraction of sp³-hybridized carbons (Fsp3) is 0.500. The molecule has 3 rings (SSSR count). The number of ether oxygens (including phenoxy) is 1. The first kappa shape index (κ1) is 12.6. The Hall–Kier alpha value is -1.46. The Morgan fingerprint density at radius 1 is 1.32 bits per heavy atom. The van der Waals surface area contributed by atoms with Crippen molar-refractivity contribution in [1.29, 1.82) is 0 Å². The van der Waals surface area contributed by atoms with Crippen LogP contribution < -0.4 is 5.32 Å². The van der Waals surface area contributed by atoms with Gasteiger partial charge in [-0.05, 0) is 30.5 Å². The lowest BCUT2D eigenvalue weighted by Crippen LogP contribution is -2.46. The van der Waals surface area contributed by atoms with E-state index in [9.17, 15) is 14.3 Å². The Balaban J connectivity index is 1.65. The molecule has 2 bridgehead atoms. The molecule has 0 amide bonds. The van der Waals surface area contributed by atoms with E-state index in [-0.39, 0.29) is 24.1 Å². The first-order valence-corrected chi connectivity index (χ1v) is 6.51. The number of carbonyl (C=O) groups is 1. The van der Waals surface area contributed by atoms with Gasteiger partial charge in [-0.2, -0.15) is 0 Å². The van der Waals surface area contributed by atoms with Gasteiger partial charge in [-0.15, -0.1) is 0 Å². The van der Waals surface area contributed by atoms with Crippen molar-refractivity contribution in [2.24, 2.45) is 5.92 Å². The van der Waals surface area contributed by atoms with E-state index >= 15 is 0 Å². The van der Waals surface area contributed by atoms with E-state index < -0.39 is 11.9 Å². The molecule has 5 heteroatoms. The third-order valence-corrected chi connectivity index (χ3v) is 4.01. The monoisotopic (exact) mass is 265 g/mol. The zero-order chi connectivity index (χ0) is 13.4. The number of aliphatic carboxylic acids is 1. The molecule has 0 aromatic heterocycles. The third kappa shape index (κ3) is 2.35. The summed E-state index contributed by atoms with van der Waals surface area (Å²) in [5, 5.41) is 12.5. The normalized spacial score (nSPS) is 32.7. The van der Waals surface area contributed by atoms with Crippen molar-refractivity contribution in [3.63, 3.8) is 0 Å². The van der Waals surface area contributed by atoms with Crippen LogP contribution in [-0.2, 0) is 16.1 Å². The van der Waals surface area contributed by atoms with Gasteiger partial charge in [-0.3, -0.25) is 4.79 Å². The Bertz CT molecular complexity index is 476. The molecule has 2 aliphatic rings. The first-order chi connectivity index (χ1) is 9.15. The van der Waals surface area contributed by atoms with E-state index in [2.05, 4.69) is 5.32 Å². The highest BCUT2D eigenvalue weighted by atomic mass is 19.1. The lowest BCUT2D eigenvalue weighted by molar-refractivity contribution is -0.144. The van der Waals surface area contributed by atoms with Gasteiger partial charge in [0, 0.05) is 12.6 Å². The summed E-state index contributed by atoms with van der Waals surface area (Å²) in [4.78, 5) is 11.3. The van der Waals surface area contributed by atoms with E-state index in [1.54, 1.807) is 12.1 Å². The van der Waals surface area contributed by atoms with Crippen LogP contribution >= 0.6 is 0 Å². The number of halogens is 1. The molecule has 0 saturated carbocycles. The Morgan fingerprint density at radius 3 is 2.68 bits per heavy atom. The van der Waals surface area contributed by atoms with Crippen LogP contribution in [0.2, 0.25) is 0 Å². The summed E-state index contributed by atoms with van der Waals surface area (Å²) in [5.74, 6) is -1.54. The van der Waals surface area contributed by atoms with Crippen molar-refractivity contribution in [2.45, 2.75) is 37.6 Å². The van der Waals surface area contributed by atoms with Crippen LogP contribution in [0.1, 0.15) is 18.4 Å². The molecule has 19 heavy (non-hydrogen) atoms. The first-order valence-electron chi connectivity index (χ1n) is 6.51. The molecular weight excluding hydrogens is 249 g/mol. The average Bonchev–Trinajstić information content (AvgIpc) is 2.98. The number of nitrogens with one attached hydrogen (secondary N) is 1. The maximum atomic E-state index is 12.8. The fourth-order valence-electron chi connectivity index (χ4n) is 3.09. The molecule has 2 fully saturated rings. The molecule has 4 nitrogen and oxygen atoms in total. The van der Waals surface area contributed by atoms with Gasteiger partial charge in [-0.1, -0.05) is 12.1 Å². The van der Waals surface area contributed by atoms with Gasteiger partial charge in [-0.25, -0.2) is 4.39 Å². The summed E-state index contributed by atoms with van der Waals surface area (Å²) < 4.78 is 18.5. The van der Waals surface area contributed by atoms with E-state index in [0.717, 1.165) is 18.4 Å². The summed E-state index contributed by atoms with van der Waals surface area (Å²) in [6, 6.07) is 6.06. The topological polar surface area (TPSA) is 58.6 Å². The van der Waals surface area contributed by atoms with Crippen LogP contribution in [0.15, 0.2) is 24.3 Å². The van der Waals surface area contributed by atoms with Crippen LogP contribution in [0.25, 0.3) is 0 Å². The summed E-state index contributed by atoms with van der Waals surface area (Å²) >= 11 is 0. The predicted octanol–water partition coefficient (Wildman–Crippen LogP) is 1.55. The van der Waals surface area contributed by atoms with Crippen molar-refractivity contribution < 1.29 is 19.0 Å².